The quantitative estimate of drug-likeness (QED) is 0.157. The van der Waals surface area contributed by atoms with E-state index < -0.39 is 0 Å². The second-order valence-electron chi connectivity index (χ2n) is 13.2. The molecule has 0 bridgehead atoms. The summed E-state index contributed by atoms with van der Waals surface area (Å²) in [6.07, 6.45) is 3.84. The van der Waals surface area contributed by atoms with Crippen LogP contribution >= 0.6 is 0 Å². The van der Waals surface area contributed by atoms with Crippen LogP contribution in [0.5, 0.6) is 0 Å². The van der Waals surface area contributed by atoms with Crippen LogP contribution in [0.4, 0.5) is 17.3 Å². The second kappa shape index (κ2) is 13.7. The molecular formula is C48H33N7. The normalized spacial score (nSPS) is 11.3. The summed E-state index contributed by atoms with van der Waals surface area (Å²) < 4.78 is 4.44. The Balaban J connectivity index is 1.03. The molecule has 0 spiro atoms. The molecule has 0 aliphatic rings. The molecule has 0 saturated heterocycles. The van der Waals surface area contributed by atoms with E-state index in [-0.39, 0.29) is 0 Å². The molecule has 3 heterocycles. The highest BCUT2D eigenvalue weighted by Gasteiger charge is 2.20. The van der Waals surface area contributed by atoms with Crippen molar-refractivity contribution in [1.29, 1.82) is 0 Å². The molecule has 7 aromatic carbocycles. The van der Waals surface area contributed by atoms with Crippen LogP contribution in [0.25, 0.3) is 67.3 Å². The summed E-state index contributed by atoms with van der Waals surface area (Å²) in [4.78, 5) is 21.8. The van der Waals surface area contributed by atoms with Crippen molar-refractivity contribution in [3.63, 3.8) is 0 Å². The van der Waals surface area contributed by atoms with Crippen LogP contribution in [0, 0.1) is 0 Å². The van der Waals surface area contributed by atoms with Gasteiger partial charge >= 0.3 is 0 Å². The van der Waals surface area contributed by atoms with E-state index in [1.54, 1.807) is 0 Å². The van der Waals surface area contributed by atoms with Crippen LogP contribution in [0.15, 0.2) is 200 Å². The summed E-state index contributed by atoms with van der Waals surface area (Å²) >= 11 is 0. The predicted octanol–water partition coefficient (Wildman–Crippen LogP) is 11.6. The van der Waals surface area contributed by atoms with Crippen LogP contribution < -0.4 is 4.90 Å². The summed E-state index contributed by atoms with van der Waals surface area (Å²) in [5.41, 5.74) is 9.18. The number of benzene rings is 7. The van der Waals surface area contributed by atoms with Crippen molar-refractivity contribution >= 4 is 39.1 Å². The fourth-order valence-corrected chi connectivity index (χ4v) is 7.28. The van der Waals surface area contributed by atoms with Crippen molar-refractivity contribution in [3.8, 4) is 45.5 Å². The Morgan fingerprint density at radius 3 is 1.36 bits per heavy atom. The average Bonchev–Trinajstić information content (AvgIpc) is 3.88. The molecule has 0 atom stereocenters. The van der Waals surface area contributed by atoms with Crippen LogP contribution in [0.2, 0.25) is 0 Å². The van der Waals surface area contributed by atoms with Gasteiger partial charge in [-0.3, -0.25) is 9.47 Å². The monoisotopic (exact) mass is 707 g/mol. The van der Waals surface area contributed by atoms with Gasteiger partial charge < -0.3 is 4.57 Å². The molecule has 55 heavy (non-hydrogen) atoms. The molecule has 0 unspecified atom stereocenters. The molecule has 0 amide bonds. The van der Waals surface area contributed by atoms with Gasteiger partial charge in [0.15, 0.2) is 17.5 Å². The number of anilines is 3. The minimum Gasteiger partial charge on any atom is -0.309 e. The highest BCUT2D eigenvalue weighted by atomic mass is 15.3. The third-order valence-electron chi connectivity index (χ3n) is 9.88. The summed E-state index contributed by atoms with van der Waals surface area (Å²) in [7, 11) is 0. The Labute approximate surface area is 318 Å². The Morgan fingerprint density at radius 2 is 0.818 bits per heavy atom. The fourth-order valence-electron chi connectivity index (χ4n) is 7.28. The van der Waals surface area contributed by atoms with Crippen LogP contribution in [-0.2, 0) is 0 Å². The van der Waals surface area contributed by atoms with Crippen LogP contribution in [0.1, 0.15) is 0 Å². The molecule has 0 fully saturated rings. The maximum atomic E-state index is 4.92. The average molecular weight is 708 g/mol. The fraction of sp³-hybridized carbons (Fsp3) is 0. The Bertz CT molecular complexity index is 2790. The molecule has 0 aliphatic heterocycles. The van der Waals surface area contributed by atoms with Gasteiger partial charge in [0.1, 0.15) is 0 Å². The van der Waals surface area contributed by atoms with Crippen molar-refractivity contribution in [2.24, 2.45) is 0 Å². The lowest BCUT2D eigenvalue weighted by atomic mass is 10.1. The molecule has 10 rings (SSSR count). The number of rotatable bonds is 8. The van der Waals surface area contributed by atoms with Gasteiger partial charge in [-0.1, -0.05) is 115 Å². The summed E-state index contributed by atoms with van der Waals surface area (Å²) in [5, 5.41) is 2.48. The van der Waals surface area contributed by atoms with E-state index in [1.807, 2.05) is 79.1 Å². The van der Waals surface area contributed by atoms with E-state index in [2.05, 4.69) is 135 Å². The largest absolute Gasteiger partial charge is 0.309 e. The Morgan fingerprint density at radius 1 is 0.382 bits per heavy atom. The maximum absolute atomic E-state index is 4.92. The van der Waals surface area contributed by atoms with Gasteiger partial charge in [0.2, 0.25) is 5.95 Å². The number of fused-ring (bicyclic) bond motifs is 3. The smallest absolute Gasteiger partial charge is 0.219 e. The van der Waals surface area contributed by atoms with E-state index in [1.165, 1.54) is 21.8 Å². The number of aromatic nitrogens is 6. The molecule has 7 heteroatoms. The first-order chi connectivity index (χ1) is 27.3. The van der Waals surface area contributed by atoms with Gasteiger partial charge in [-0.25, -0.2) is 19.9 Å². The molecule has 0 aliphatic carbocycles. The zero-order valence-electron chi connectivity index (χ0n) is 29.7. The van der Waals surface area contributed by atoms with Gasteiger partial charge in [-0.05, 0) is 72.8 Å². The van der Waals surface area contributed by atoms with Gasteiger partial charge in [0, 0.05) is 62.6 Å². The number of hydrogen-bond donors (Lipinski definition) is 0. The van der Waals surface area contributed by atoms with Crippen molar-refractivity contribution in [3.05, 3.63) is 200 Å². The van der Waals surface area contributed by atoms with E-state index in [9.17, 15) is 0 Å². The molecule has 10 aromatic rings. The lowest BCUT2D eigenvalue weighted by Crippen LogP contribution is -2.15. The van der Waals surface area contributed by atoms with Gasteiger partial charge in [-0.15, -0.1) is 0 Å². The predicted molar refractivity (Wildman–Crippen MR) is 222 cm³/mol. The van der Waals surface area contributed by atoms with Crippen molar-refractivity contribution in [1.82, 2.24) is 29.1 Å². The van der Waals surface area contributed by atoms with E-state index in [0.29, 0.717) is 17.5 Å². The Kier molecular flexibility index (Phi) is 8.00. The first kappa shape index (κ1) is 32.0. The third kappa shape index (κ3) is 5.90. The van der Waals surface area contributed by atoms with Gasteiger partial charge in [-0.2, -0.15) is 0 Å². The second-order valence-corrected chi connectivity index (χ2v) is 13.2. The van der Waals surface area contributed by atoms with Crippen molar-refractivity contribution in [2.45, 2.75) is 0 Å². The number of para-hydroxylation sites is 3. The number of imidazole rings is 1. The Hall–Kier alpha value is -7.64. The standard InChI is InChI=1S/C48H33N7/c1-4-14-34(15-5-1)45-50-46(35-16-6-2-7-17-35)52-47(51-45)36-24-26-37(27-25-36)53-33-32-49-48(53)54(38-18-8-3-9-19-38)39-28-30-40(31-29-39)55-43-22-12-10-20-41(43)42-21-11-13-23-44(42)55/h1-33H. The molecular weight excluding hydrogens is 675 g/mol. The van der Waals surface area contributed by atoms with Crippen LogP contribution in [0.3, 0.4) is 0 Å². The molecule has 0 radical (unpaired) electrons. The third-order valence-corrected chi connectivity index (χ3v) is 9.88. The molecule has 0 N–H and O–H groups in total. The number of nitrogens with zero attached hydrogens (tertiary/aromatic N) is 7. The topological polar surface area (TPSA) is 64.7 Å². The summed E-state index contributed by atoms with van der Waals surface area (Å²) in [5.74, 6) is 2.64. The van der Waals surface area contributed by atoms with Gasteiger partial charge in [0.05, 0.1) is 11.0 Å². The first-order valence-electron chi connectivity index (χ1n) is 18.2. The van der Waals surface area contributed by atoms with E-state index in [0.717, 1.165) is 45.4 Å². The minimum absolute atomic E-state index is 0.611. The summed E-state index contributed by atoms with van der Waals surface area (Å²) in [6, 6.07) is 64.6. The SMILES string of the molecule is c1ccc(-c2nc(-c3ccccc3)nc(-c3ccc(-n4ccnc4N(c4ccccc4)c4ccc(-n5c6ccccc6c6ccccc65)cc4)cc3)n2)cc1. The molecule has 0 saturated carbocycles. The lowest BCUT2D eigenvalue weighted by Gasteiger charge is -2.25. The molecule has 3 aromatic heterocycles. The zero-order valence-corrected chi connectivity index (χ0v) is 29.7. The lowest BCUT2D eigenvalue weighted by molar-refractivity contribution is 1.01. The highest BCUT2D eigenvalue weighted by Crippen LogP contribution is 2.37. The minimum atomic E-state index is 0.611. The van der Waals surface area contributed by atoms with Crippen LogP contribution in [-0.4, -0.2) is 29.1 Å². The molecule has 7 nitrogen and oxygen atoms in total. The number of hydrogen-bond acceptors (Lipinski definition) is 5. The van der Waals surface area contributed by atoms with E-state index >= 15 is 0 Å². The first-order valence-corrected chi connectivity index (χ1v) is 18.2. The zero-order chi connectivity index (χ0) is 36.6. The van der Waals surface area contributed by atoms with Crippen molar-refractivity contribution < 1.29 is 0 Å². The molecule has 260 valence electrons. The van der Waals surface area contributed by atoms with Crippen molar-refractivity contribution in [2.75, 3.05) is 4.90 Å². The summed E-state index contributed by atoms with van der Waals surface area (Å²) in [6.45, 7) is 0. The van der Waals surface area contributed by atoms with Gasteiger partial charge in [0.25, 0.3) is 0 Å². The van der Waals surface area contributed by atoms with E-state index in [4.69, 9.17) is 19.9 Å². The maximum Gasteiger partial charge on any atom is 0.219 e. The highest BCUT2D eigenvalue weighted by molar-refractivity contribution is 6.09.